The zero-order chi connectivity index (χ0) is 24.9. The highest BCUT2D eigenvalue weighted by Crippen LogP contribution is 2.29. The molecule has 1 amide bonds. The summed E-state index contributed by atoms with van der Waals surface area (Å²) in [4.78, 5) is 20.7. The van der Waals surface area contributed by atoms with E-state index in [1.807, 2.05) is 30.3 Å². The zero-order valence-corrected chi connectivity index (χ0v) is 20.1. The number of nitrogens with zero attached hydrogens (tertiary/aromatic N) is 4. The molecule has 0 spiro atoms. The Kier molecular flexibility index (Phi) is 7.89. The third-order valence-corrected chi connectivity index (χ3v) is 5.24. The fourth-order valence-corrected chi connectivity index (χ4v) is 3.57. The van der Waals surface area contributed by atoms with Gasteiger partial charge in [0.15, 0.2) is 11.6 Å². The molecular formula is C26H21ClF2N6O2. The van der Waals surface area contributed by atoms with Crippen LogP contribution < -0.4 is 15.4 Å². The van der Waals surface area contributed by atoms with E-state index in [0.717, 1.165) is 5.56 Å². The van der Waals surface area contributed by atoms with Crippen molar-refractivity contribution in [2.24, 2.45) is 0 Å². The number of hydrogen-bond donors (Lipinski definition) is 2. The number of aromatic nitrogens is 4. The Bertz CT molecular complexity index is 1530. The third kappa shape index (κ3) is 6.36. The molecule has 2 N–H and O–H groups in total. The molecule has 0 bridgehead atoms. The van der Waals surface area contributed by atoms with Crippen LogP contribution in [0, 0.1) is 11.6 Å². The van der Waals surface area contributed by atoms with E-state index < -0.39 is 11.6 Å². The van der Waals surface area contributed by atoms with Gasteiger partial charge in [0, 0.05) is 23.3 Å². The quantitative estimate of drug-likeness (QED) is 0.280. The van der Waals surface area contributed by atoms with Gasteiger partial charge in [0.05, 0.1) is 17.4 Å². The van der Waals surface area contributed by atoms with Crippen molar-refractivity contribution in [1.29, 1.82) is 0 Å². The Morgan fingerprint density at radius 2 is 1.81 bits per heavy atom. The first kappa shape index (κ1) is 25.5. The van der Waals surface area contributed by atoms with Crippen molar-refractivity contribution in [3.05, 3.63) is 103 Å². The van der Waals surface area contributed by atoms with Gasteiger partial charge in [-0.25, -0.2) is 18.7 Å². The second-order valence-corrected chi connectivity index (χ2v) is 7.91. The minimum absolute atomic E-state index is 0. The number of amides is 1. The molecule has 0 aliphatic rings. The van der Waals surface area contributed by atoms with Crippen molar-refractivity contribution in [3.8, 4) is 5.75 Å². The molecule has 5 aromatic rings. The van der Waals surface area contributed by atoms with Crippen molar-refractivity contribution in [2.75, 3.05) is 10.6 Å². The Balaban J connectivity index is 0.00000320. The van der Waals surface area contributed by atoms with E-state index in [4.69, 9.17) is 4.74 Å². The van der Waals surface area contributed by atoms with Crippen LogP contribution >= 0.6 is 12.4 Å². The first-order valence-electron chi connectivity index (χ1n) is 11.0. The lowest BCUT2D eigenvalue weighted by atomic mass is 10.2. The lowest BCUT2D eigenvalue weighted by Gasteiger charge is -2.11. The van der Waals surface area contributed by atoms with Gasteiger partial charge in [-0.3, -0.25) is 9.48 Å². The molecule has 188 valence electrons. The van der Waals surface area contributed by atoms with Crippen molar-refractivity contribution in [2.45, 2.75) is 13.2 Å². The molecule has 0 radical (unpaired) electrons. The number of benzene rings is 3. The summed E-state index contributed by atoms with van der Waals surface area (Å²) in [6, 6.07) is 17.9. The molecule has 0 saturated carbocycles. The van der Waals surface area contributed by atoms with Crippen molar-refractivity contribution >= 4 is 46.4 Å². The molecule has 0 atom stereocenters. The standard InChI is InChI=1S/C26H20F2N6O2.ClH/c27-18-7-4-8-19(9-18)32-25(35)14-34-13-20(12-31-34)33-26-21-10-22(28)24(11-23(21)29-16-30-26)36-15-17-5-2-1-3-6-17;/h1-13,16H,14-15H2,(H,32,35)(H,29,30,33);1H. The molecule has 0 aliphatic carbocycles. The highest BCUT2D eigenvalue weighted by atomic mass is 35.5. The average molecular weight is 523 g/mol. The summed E-state index contributed by atoms with van der Waals surface area (Å²) >= 11 is 0. The van der Waals surface area contributed by atoms with Crippen LogP contribution in [0.3, 0.4) is 0 Å². The van der Waals surface area contributed by atoms with Crippen LogP contribution in [-0.2, 0) is 17.9 Å². The Morgan fingerprint density at radius 3 is 2.62 bits per heavy atom. The second-order valence-electron chi connectivity index (χ2n) is 7.91. The van der Waals surface area contributed by atoms with Crippen LogP contribution in [0.1, 0.15) is 5.56 Å². The first-order valence-corrected chi connectivity index (χ1v) is 11.0. The number of nitrogens with one attached hydrogen (secondary N) is 2. The SMILES string of the molecule is Cl.O=C(Cn1cc(Nc2ncnc3cc(OCc4ccccc4)c(F)cc23)cn1)Nc1cccc(F)c1. The summed E-state index contributed by atoms with van der Waals surface area (Å²) in [6.07, 6.45) is 4.48. The lowest BCUT2D eigenvalue weighted by Crippen LogP contribution is -2.19. The predicted octanol–water partition coefficient (Wildman–Crippen LogP) is 5.49. The van der Waals surface area contributed by atoms with E-state index in [-0.39, 0.29) is 37.2 Å². The monoisotopic (exact) mass is 522 g/mol. The van der Waals surface area contributed by atoms with Gasteiger partial charge < -0.3 is 15.4 Å². The molecule has 11 heteroatoms. The Hall–Kier alpha value is -4.57. The Labute approximate surface area is 216 Å². The molecule has 2 heterocycles. The van der Waals surface area contributed by atoms with Gasteiger partial charge in [0.1, 0.15) is 31.1 Å². The molecule has 3 aromatic carbocycles. The Morgan fingerprint density at radius 1 is 0.973 bits per heavy atom. The highest BCUT2D eigenvalue weighted by Gasteiger charge is 2.13. The van der Waals surface area contributed by atoms with Gasteiger partial charge >= 0.3 is 0 Å². The number of ether oxygens (including phenoxy) is 1. The predicted molar refractivity (Wildman–Crippen MR) is 138 cm³/mol. The molecular weight excluding hydrogens is 502 g/mol. The summed E-state index contributed by atoms with van der Waals surface area (Å²) in [5.74, 6) is -0.888. The highest BCUT2D eigenvalue weighted by molar-refractivity contribution is 5.92. The summed E-state index contributed by atoms with van der Waals surface area (Å²) < 4.78 is 35.2. The molecule has 0 fully saturated rings. The van der Waals surface area contributed by atoms with Crippen LogP contribution in [0.25, 0.3) is 10.9 Å². The average Bonchev–Trinajstić information content (AvgIpc) is 3.30. The smallest absolute Gasteiger partial charge is 0.246 e. The number of anilines is 3. The topological polar surface area (TPSA) is 94.0 Å². The van der Waals surface area contributed by atoms with E-state index in [9.17, 15) is 13.6 Å². The van der Waals surface area contributed by atoms with Gasteiger partial charge in [-0.1, -0.05) is 36.4 Å². The zero-order valence-electron chi connectivity index (χ0n) is 19.3. The molecule has 0 saturated heterocycles. The summed E-state index contributed by atoms with van der Waals surface area (Å²) in [6.45, 7) is 0.144. The van der Waals surface area contributed by atoms with E-state index in [1.165, 1.54) is 47.5 Å². The molecule has 8 nitrogen and oxygen atoms in total. The fourth-order valence-electron chi connectivity index (χ4n) is 3.57. The van der Waals surface area contributed by atoms with Crippen LogP contribution in [0.2, 0.25) is 0 Å². The van der Waals surface area contributed by atoms with Crippen molar-refractivity contribution < 1.29 is 18.3 Å². The second kappa shape index (κ2) is 11.4. The third-order valence-electron chi connectivity index (χ3n) is 5.24. The molecule has 0 aliphatic heterocycles. The maximum Gasteiger partial charge on any atom is 0.246 e. The summed E-state index contributed by atoms with van der Waals surface area (Å²) in [7, 11) is 0. The molecule has 37 heavy (non-hydrogen) atoms. The van der Waals surface area contributed by atoms with Gasteiger partial charge in [-0.2, -0.15) is 5.10 Å². The van der Waals surface area contributed by atoms with E-state index in [1.54, 1.807) is 12.3 Å². The number of carbonyl (C=O) groups is 1. The van der Waals surface area contributed by atoms with E-state index in [0.29, 0.717) is 28.1 Å². The molecule has 0 unspecified atom stereocenters. The summed E-state index contributed by atoms with van der Waals surface area (Å²) in [5.41, 5.74) is 2.31. The molecule has 2 aromatic heterocycles. The number of halogens is 3. The minimum Gasteiger partial charge on any atom is -0.486 e. The maximum absolute atomic E-state index is 14.8. The van der Waals surface area contributed by atoms with Gasteiger partial charge in [-0.15, -0.1) is 12.4 Å². The first-order chi connectivity index (χ1) is 17.5. The fraction of sp³-hybridized carbons (Fsp3) is 0.0769. The minimum atomic E-state index is -0.541. The van der Waals surface area contributed by atoms with Crippen molar-refractivity contribution in [3.63, 3.8) is 0 Å². The number of carbonyl (C=O) groups excluding carboxylic acids is 1. The lowest BCUT2D eigenvalue weighted by molar-refractivity contribution is -0.116. The number of fused-ring (bicyclic) bond motifs is 1. The van der Waals surface area contributed by atoms with Crippen LogP contribution in [-0.4, -0.2) is 25.7 Å². The van der Waals surface area contributed by atoms with Gasteiger partial charge in [0.2, 0.25) is 5.91 Å². The van der Waals surface area contributed by atoms with Gasteiger partial charge in [-0.05, 0) is 29.8 Å². The number of hydrogen-bond acceptors (Lipinski definition) is 6. The van der Waals surface area contributed by atoms with Crippen LogP contribution in [0.4, 0.5) is 26.0 Å². The van der Waals surface area contributed by atoms with Crippen LogP contribution in [0.5, 0.6) is 5.75 Å². The van der Waals surface area contributed by atoms with Gasteiger partial charge in [0.25, 0.3) is 0 Å². The maximum atomic E-state index is 14.8. The normalized spacial score (nSPS) is 10.5. The van der Waals surface area contributed by atoms with E-state index in [2.05, 4.69) is 25.7 Å². The largest absolute Gasteiger partial charge is 0.486 e. The molecule has 5 rings (SSSR count). The number of rotatable bonds is 8. The summed E-state index contributed by atoms with van der Waals surface area (Å²) in [5, 5.41) is 10.3. The van der Waals surface area contributed by atoms with E-state index >= 15 is 0 Å². The van der Waals surface area contributed by atoms with Crippen LogP contribution in [0.15, 0.2) is 85.5 Å². The van der Waals surface area contributed by atoms with Crippen molar-refractivity contribution in [1.82, 2.24) is 19.7 Å².